The molecule has 2 aromatic carbocycles. The van der Waals surface area contributed by atoms with Gasteiger partial charge in [0.05, 0.1) is 24.4 Å². The summed E-state index contributed by atoms with van der Waals surface area (Å²) in [5, 5.41) is -0.206. The Labute approximate surface area is 175 Å². The van der Waals surface area contributed by atoms with Gasteiger partial charge in [0.2, 0.25) is 0 Å². The molecule has 2 aromatic rings. The van der Waals surface area contributed by atoms with E-state index in [4.69, 9.17) is 32.7 Å². The zero-order valence-electron chi connectivity index (χ0n) is 16.0. The average Bonchev–Trinajstić information content (AvgIpc) is 2.64. The second kappa shape index (κ2) is 9.03. The topological polar surface area (TPSA) is 72.9 Å². The number of esters is 1. The van der Waals surface area contributed by atoms with Gasteiger partial charge in [-0.3, -0.25) is 9.10 Å². The van der Waals surface area contributed by atoms with E-state index < -0.39 is 22.5 Å². The molecule has 0 unspecified atom stereocenters. The van der Waals surface area contributed by atoms with Crippen LogP contribution in [0.2, 0.25) is 10.0 Å². The lowest BCUT2D eigenvalue weighted by Gasteiger charge is -2.26. The summed E-state index contributed by atoms with van der Waals surface area (Å²) in [6, 6.07) is 7.90. The van der Waals surface area contributed by atoms with Crippen LogP contribution in [0, 0.1) is 13.8 Å². The van der Waals surface area contributed by atoms with Gasteiger partial charge >= 0.3 is 5.97 Å². The molecule has 9 heteroatoms. The maximum atomic E-state index is 13.4. The summed E-state index contributed by atoms with van der Waals surface area (Å²) in [6.45, 7) is 4.91. The van der Waals surface area contributed by atoms with Gasteiger partial charge in [-0.25, -0.2) is 8.42 Å². The van der Waals surface area contributed by atoms with E-state index in [2.05, 4.69) is 0 Å². The molecule has 0 aliphatic rings. The van der Waals surface area contributed by atoms with Crippen molar-refractivity contribution in [1.29, 1.82) is 0 Å². The standard InChI is InChI=1S/C19H21Cl2NO5S/c1-5-27-17(23)11-22(14-8-6-7-12(2)13(14)3)28(24,25)16-10-9-15(26-4)18(20)19(16)21/h6-10H,5,11H2,1-4H3. The minimum atomic E-state index is -4.22. The Bertz CT molecular complexity index is 992. The second-order valence-electron chi connectivity index (χ2n) is 5.93. The highest BCUT2D eigenvalue weighted by Gasteiger charge is 2.32. The van der Waals surface area contributed by atoms with Crippen LogP contribution in [0.5, 0.6) is 5.75 Å². The van der Waals surface area contributed by atoms with Crippen LogP contribution in [0.15, 0.2) is 35.2 Å². The number of anilines is 1. The number of nitrogens with zero attached hydrogens (tertiary/aromatic N) is 1. The van der Waals surface area contributed by atoms with Crippen molar-refractivity contribution in [2.45, 2.75) is 25.7 Å². The number of hydrogen-bond donors (Lipinski definition) is 0. The van der Waals surface area contributed by atoms with Crippen molar-refractivity contribution in [3.05, 3.63) is 51.5 Å². The predicted octanol–water partition coefficient (Wildman–Crippen LogP) is 4.38. The maximum absolute atomic E-state index is 13.4. The van der Waals surface area contributed by atoms with Crippen LogP contribution in [0.1, 0.15) is 18.1 Å². The molecule has 0 radical (unpaired) electrons. The molecule has 0 atom stereocenters. The number of aryl methyl sites for hydroxylation is 1. The Kier molecular flexibility index (Phi) is 7.20. The fourth-order valence-corrected chi connectivity index (χ4v) is 4.90. The average molecular weight is 446 g/mol. The first kappa shape index (κ1) is 22.3. The Balaban J connectivity index is 2.67. The summed E-state index contributed by atoms with van der Waals surface area (Å²) in [7, 11) is -2.83. The van der Waals surface area contributed by atoms with E-state index in [0.717, 1.165) is 9.87 Å². The van der Waals surface area contributed by atoms with Gasteiger partial charge in [0.1, 0.15) is 22.2 Å². The third-order valence-corrected chi connectivity index (χ3v) is 7.00. The predicted molar refractivity (Wildman–Crippen MR) is 110 cm³/mol. The summed E-state index contributed by atoms with van der Waals surface area (Å²) < 4.78 is 37.9. The summed E-state index contributed by atoms with van der Waals surface area (Å²) in [5.74, 6) is -0.433. The Morgan fingerprint density at radius 3 is 2.39 bits per heavy atom. The van der Waals surface area contributed by atoms with Gasteiger partial charge in [-0.15, -0.1) is 0 Å². The Morgan fingerprint density at radius 1 is 1.11 bits per heavy atom. The zero-order valence-corrected chi connectivity index (χ0v) is 18.3. The van der Waals surface area contributed by atoms with E-state index in [9.17, 15) is 13.2 Å². The van der Waals surface area contributed by atoms with Crippen molar-refractivity contribution in [3.63, 3.8) is 0 Å². The number of methoxy groups -OCH3 is 1. The third kappa shape index (κ3) is 4.37. The third-order valence-electron chi connectivity index (χ3n) is 4.22. The first-order chi connectivity index (χ1) is 13.1. The van der Waals surface area contributed by atoms with Crippen LogP contribution in [0.4, 0.5) is 5.69 Å². The maximum Gasteiger partial charge on any atom is 0.326 e. The molecule has 2 rings (SSSR count). The van der Waals surface area contributed by atoms with E-state index in [1.807, 2.05) is 13.0 Å². The van der Waals surface area contributed by atoms with E-state index in [1.165, 1.54) is 19.2 Å². The summed E-state index contributed by atoms with van der Waals surface area (Å²) >= 11 is 12.4. The normalized spacial score (nSPS) is 11.2. The molecule has 0 aliphatic carbocycles. The van der Waals surface area contributed by atoms with Crippen LogP contribution >= 0.6 is 23.2 Å². The van der Waals surface area contributed by atoms with Crippen molar-refractivity contribution < 1.29 is 22.7 Å². The Hall–Kier alpha value is -1.96. The quantitative estimate of drug-likeness (QED) is 0.591. The molecule has 28 heavy (non-hydrogen) atoms. The number of halogens is 2. The molecule has 0 amide bonds. The molecule has 0 aromatic heterocycles. The van der Waals surface area contributed by atoms with Crippen molar-refractivity contribution in [2.24, 2.45) is 0 Å². The van der Waals surface area contributed by atoms with Gasteiger partial charge in [-0.05, 0) is 50.1 Å². The van der Waals surface area contributed by atoms with Gasteiger partial charge in [0.15, 0.2) is 0 Å². The SMILES string of the molecule is CCOC(=O)CN(c1cccc(C)c1C)S(=O)(=O)c1ccc(OC)c(Cl)c1Cl. The summed E-state index contributed by atoms with van der Waals surface area (Å²) in [4.78, 5) is 11.9. The molecule has 152 valence electrons. The minimum Gasteiger partial charge on any atom is -0.495 e. The number of rotatable bonds is 7. The minimum absolute atomic E-state index is 0.0257. The lowest BCUT2D eigenvalue weighted by atomic mass is 10.1. The fourth-order valence-electron chi connectivity index (χ4n) is 2.62. The van der Waals surface area contributed by atoms with Crippen LogP contribution in [0.25, 0.3) is 0 Å². The molecule has 0 fully saturated rings. The smallest absolute Gasteiger partial charge is 0.326 e. The van der Waals surface area contributed by atoms with E-state index in [-0.39, 0.29) is 27.3 Å². The molecule has 0 saturated carbocycles. The molecule has 0 N–H and O–H groups in total. The molecule has 0 aliphatic heterocycles. The fraction of sp³-hybridized carbons (Fsp3) is 0.316. The molecule has 6 nitrogen and oxygen atoms in total. The summed E-state index contributed by atoms with van der Waals surface area (Å²) in [5.41, 5.74) is 1.95. The van der Waals surface area contributed by atoms with Gasteiger partial charge in [0.25, 0.3) is 10.0 Å². The molecule has 0 bridgehead atoms. The number of ether oxygens (including phenoxy) is 2. The highest BCUT2D eigenvalue weighted by Crippen LogP contribution is 2.39. The van der Waals surface area contributed by atoms with E-state index in [1.54, 1.807) is 26.0 Å². The van der Waals surface area contributed by atoms with E-state index >= 15 is 0 Å². The van der Waals surface area contributed by atoms with Crippen molar-refractivity contribution in [2.75, 3.05) is 24.6 Å². The molecule has 0 saturated heterocycles. The first-order valence-electron chi connectivity index (χ1n) is 8.41. The van der Waals surface area contributed by atoms with Crippen LogP contribution in [0.3, 0.4) is 0 Å². The highest BCUT2D eigenvalue weighted by atomic mass is 35.5. The van der Waals surface area contributed by atoms with Crippen molar-refractivity contribution in [1.82, 2.24) is 0 Å². The number of sulfonamides is 1. The van der Waals surface area contributed by atoms with Gasteiger partial charge in [-0.1, -0.05) is 35.3 Å². The second-order valence-corrected chi connectivity index (χ2v) is 8.52. The van der Waals surface area contributed by atoms with Crippen LogP contribution < -0.4 is 9.04 Å². The van der Waals surface area contributed by atoms with Crippen LogP contribution in [-0.4, -0.2) is 34.6 Å². The lowest BCUT2D eigenvalue weighted by Crippen LogP contribution is -2.37. The van der Waals surface area contributed by atoms with Crippen molar-refractivity contribution in [3.8, 4) is 5.75 Å². The number of hydrogen-bond acceptors (Lipinski definition) is 5. The molecule has 0 spiro atoms. The summed E-state index contributed by atoms with van der Waals surface area (Å²) in [6.07, 6.45) is 0. The number of carbonyl (C=O) groups excluding carboxylic acids is 1. The molecular weight excluding hydrogens is 425 g/mol. The molecule has 0 heterocycles. The van der Waals surface area contributed by atoms with Gasteiger partial charge in [-0.2, -0.15) is 0 Å². The zero-order chi connectivity index (χ0) is 21.1. The van der Waals surface area contributed by atoms with Crippen molar-refractivity contribution >= 4 is 44.9 Å². The van der Waals surface area contributed by atoms with E-state index in [0.29, 0.717) is 11.3 Å². The number of benzene rings is 2. The lowest BCUT2D eigenvalue weighted by molar-refractivity contribution is -0.141. The van der Waals surface area contributed by atoms with Gasteiger partial charge < -0.3 is 9.47 Å². The van der Waals surface area contributed by atoms with Gasteiger partial charge in [0, 0.05) is 0 Å². The number of carbonyl (C=O) groups is 1. The molecular formula is C19H21Cl2NO5S. The highest BCUT2D eigenvalue weighted by molar-refractivity contribution is 7.93. The first-order valence-corrected chi connectivity index (χ1v) is 10.6. The monoisotopic (exact) mass is 445 g/mol. The largest absolute Gasteiger partial charge is 0.495 e. The van der Waals surface area contributed by atoms with Crippen LogP contribution in [-0.2, 0) is 19.6 Å². The Morgan fingerprint density at radius 2 is 1.79 bits per heavy atom.